The molecule has 0 aliphatic rings. The molecule has 2 aromatic rings. The summed E-state index contributed by atoms with van der Waals surface area (Å²) in [7, 11) is 0. The van der Waals surface area contributed by atoms with Gasteiger partial charge in [-0.3, -0.25) is 0 Å². The minimum atomic E-state index is 0.732. The van der Waals surface area contributed by atoms with Crippen LogP contribution in [0.25, 0.3) is 0 Å². The lowest BCUT2D eigenvalue weighted by atomic mass is 10.1. The maximum atomic E-state index is 5.61. The second-order valence-corrected chi connectivity index (χ2v) is 4.53. The number of nitrogens with zero attached hydrogens (tertiary/aromatic N) is 2. The van der Waals surface area contributed by atoms with Crippen LogP contribution in [0.5, 0.6) is 0 Å². The number of aryl methyl sites for hydroxylation is 2. The number of hydrogen-bond acceptors (Lipinski definition) is 4. The highest BCUT2D eigenvalue weighted by atomic mass is 16.4. The smallest absolute Gasteiger partial charge is 0.217 e. The van der Waals surface area contributed by atoms with Gasteiger partial charge < -0.3 is 9.73 Å². The Morgan fingerprint density at radius 2 is 1.74 bits per heavy atom. The Hall–Kier alpha value is -1.68. The summed E-state index contributed by atoms with van der Waals surface area (Å²) in [5.74, 6) is 1.48. The second-order valence-electron chi connectivity index (χ2n) is 4.53. The maximum absolute atomic E-state index is 5.61. The summed E-state index contributed by atoms with van der Waals surface area (Å²) in [6, 6.07) is 10.5. The molecule has 102 valence electrons. The third-order valence-electron chi connectivity index (χ3n) is 2.97. The van der Waals surface area contributed by atoms with E-state index in [0.717, 1.165) is 50.6 Å². The molecule has 0 aliphatic heterocycles. The summed E-state index contributed by atoms with van der Waals surface area (Å²) in [6.45, 7) is 3.95. The van der Waals surface area contributed by atoms with Gasteiger partial charge in [0, 0.05) is 19.4 Å². The molecule has 0 unspecified atom stereocenters. The third-order valence-corrected chi connectivity index (χ3v) is 2.97. The van der Waals surface area contributed by atoms with E-state index in [4.69, 9.17) is 4.42 Å². The second kappa shape index (κ2) is 7.69. The van der Waals surface area contributed by atoms with Crippen LogP contribution in [0, 0.1) is 0 Å². The van der Waals surface area contributed by atoms with Crippen LogP contribution in [0.3, 0.4) is 0 Å². The number of aromatic nitrogens is 2. The summed E-state index contributed by atoms with van der Waals surface area (Å²) >= 11 is 0. The molecule has 4 heteroatoms. The lowest BCUT2D eigenvalue weighted by molar-refractivity contribution is 0.440. The summed E-state index contributed by atoms with van der Waals surface area (Å²) in [4.78, 5) is 0. The van der Waals surface area contributed by atoms with E-state index >= 15 is 0 Å². The number of nitrogens with one attached hydrogen (secondary N) is 1. The predicted molar refractivity (Wildman–Crippen MR) is 75.0 cm³/mol. The fraction of sp³-hybridized carbons (Fsp3) is 0.467. The zero-order valence-corrected chi connectivity index (χ0v) is 11.4. The molecule has 1 aromatic heterocycles. The number of benzene rings is 1. The number of rotatable bonds is 8. The first kappa shape index (κ1) is 13.7. The molecule has 0 bridgehead atoms. The van der Waals surface area contributed by atoms with Gasteiger partial charge in [-0.25, -0.2) is 0 Å². The molecule has 2 rings (SSSR count). The van der Waals surface area contributed by atoms with Crippen LogP contribution in [0.1, 0.15) is 30.7 Å². The van der Waals surface area contributed by atoms with E-state index in [1.807, 2.05) is 6.07 Å². The SMILES string of the molecule is CCNCCc1nnc(CCCc2ccccc2)o1. The van der Waals surface area contributed by atoms with Crippen molar-refractivity contribution < 1.29 is 4.42 Å². The minimum absolute atomic E-state index is 0.732. The van der Waals surface area contributed by atoms with Gasteiger partial charge in [-0.05, 0) is 24.9 Å². The van der Waals surface area contributed by atoms with E-state index in [2.05, 4.69) is 46.7 Å². The molecule has 1 aromatic carbocycles. The first-order valence-electron chi connectivity index (χ1n) is 6.94. The molecule has 0 saturated carbocycles. The van der Waals surface area contributed by atoms with Gasteiger partial charge in [0.1, 0.15) is 0 Å². The largest absolute Gasteiger partial charge is 0.425 e. The Kier molecular flexibility index (Phi) is 5.56. The first-order valence-corrected chi connectivity index (χ1v) is 6.94. The number of hydrogen-bond donors (Lipinski definition) is 1. The van der Waals surface area contributed by atoms with Gasteiger partial charge in [0.25, 0.3) is 0 Å². The third kappa shape index (κ3) is 4.83. The average Bonchev–Trinajstić information content (AvgIpc) is 2.88. The Balaban J connectivity index is 1.71. The highest BCUT2D eigenvalue weighted by molar-refractivity contribution is 5.14. The molecule has 0 fully saturated rings. The molecule has 0 spiro atoms. The van der Waals surface area contributed by atoms with Crippen molar-refractivity contribution in [2.45, 2.75) is 32.6 Å². The quantitative estimate of drug-likeness (QED) is 0.740. The van der Waals surface area contributed by atoms with Crippen LogP contribution in [-0.4, -0.2) is 23.3 Å². The van der Waals surface area contributed by atoms with Crippen LogP contribution in [0.2, 0.25) is 0 Å². The molecule has 4 nitrogen and oxygen atoms in total. The molecule has 0 radical (unpaired) electrons. The fourth-order valence-corrected chi connectivity index (χ4v) is 1.95. The van der Waals surface area contributed by atoms with Gasteiger partial charge in [-0.2, -0.15) is 0 Å². The van der Waals surface area contributed by atoms with E-state index in [0.29, 0.717) is 0 Å². The fourth-order valence-electron chi connectivity index (χ4n) is 1.95. The van der Waals surface area contributed by atoms with Crippen LogP contribution in [0.4, 0.5) is 0 Å². The van der Waals surface area contributed by atoms with Gasteiger partial charge in [0.2, 0.25) is 11.8 Å². The standard InChI is InChI=1S/C15H21N3O/c1-2-16-12-11-15-18-17-14(19-15)10-6-9-13-7-4-3-5-8-13/h3-5,7-8,16H,2,6,9-12H2,1H3. The van der Waals surface area contributed by atoms with Gasteiger partial charge in [-0.1, -0.05) is 37.3 Å². The van der Waals surface area contributed by atoms with Crippen molar-refractivity contribution in [2.24, 2.45) is 0 Å². The van der Waals surface area contributed by atoms with Crippen LogP contribution >= 0.6 is 0 Å². The molecule has 0 amide bonds. The van der Waals surface area contributed by atoms with Crippen molar-refractivity contribution in [3.8, 4) is 0 Å². The van der Waals surface area contributed by atoms with Crippen molar-refractivity contribution in [1.82, 2.24) is 15.5 Å². The van der Waals surface area contributed by atoms with E-state index in [1.165, 1.54) is 5.56 Å². The topological polar surface area (TPSA) is 51.0 Å². The maximum Gasteiger partial charge on any atom is 0.217 e. The summed E-state index contributed by atoms with van der Waals surface area (Å²) in [5, 5.41) is 11.4. The van der Waals surface area contributed by atoms with E-state index in [-0.39, 0.29) is 0 Å². The minimum Gasteiger partial charge on any atom is -0.425 e. The summed E-state index contributed by atoms with van der Waals surface area (Å²) < 4.78 is 5.61. The predicted octanol–water partition coefficient (Wildman–Crippen LogP) is 2.40. The van der Waals surface area contributed by atoms with Crippen molar-refractivity contribution in [3.63, 3.8) is 0 Å². The van der Waals surface area contributed by atoms with Crippen LogP contribution in [-0.2, 0) is 19.3 Å². The van der Waals surface area contributed by atoms with Crippen LogP contribution < -0.4 is 5.32 Å². The van der Waals surface area contributed by atoms with Crippen LogP contribution in [0.15, 0.2) is 34.7 Å². The van der Waals surface area contributed by atoms with Gasteiger partial charge in [0.05, 0.1) is 0 Å². The normalized spacial score (nSPS) is 10.8. The molecule has 19 heavy (non-hydrogen) atoms. The highest BCUT2D eigenvalue weighted by Gasteiger charge is 2.05. The Morgan fingerprint density at radius 1 is 1.00 bits per heavy atom. The molecule has 0 aliphatic carbocycles. The average molecular weight is 259 g/mol. The molecular weight excluding hydrogens is 238 g/mol. The zero-order valence-electron chi connectivity index (χ0n) is 11.4. The van der Waals surface area contributed by atoms with Crippen molar-refractivity contribution >= 4 is 0 Å². The van der Waals surface area contributed by atoms with Gasteiger partial charge in [-0.15, -0.1) is 10.2 Å². The van der Waals surface area contributed by atoms with E-state index in [1.54, 1.807) is 0 Å². The Bertz CT molecular complexity index is 467. The highest BCUT2D eigenvalue weighted by Crippen LogP contribution is 2.07. The molecule has 1 N–H and O–H groups in total. The van der Waals surface area contributed by atoms with Gasteiger partial charge in [0.15, 0.2) is 0 Å². The Labute approximate surface area is 114 Å². The van der Waals surface area contributed by atoms with E-state index in [9.17, 15) is 0 Å². The molecule has 0 saturated heterocycles. The Morgan fingerprint density at radius 3 is 2.47 bits per heavy atom. The zero-order chi connectivity index (χ0) is 13.3. The summed E-state index contributed by atoms with van der Waals surface area (Å²) in [6.07, 6.45) is 3.75. The first-order chi connectivity index (χ1) is 9.38. The molecular formula is C15H21N3O. The van der Waals surface area contributed by atoms with Crippen molar-refractivity contribution in [3.05, 3.63) is 47.7 Å². The number of likely N-dealkylation sites (N-methyl/N-ethyl adjacent to an activating group) is 1. The molecule has 0 atom stereocenters. The summed E-state index contributed by atoms with van der Waals surface area (Å²) in [5.41, 5.74) is 1.36. The lowest BCUT2D eigenvalue weighted by Gasteiger charge is -1.98. The molecule has 1 heterocycles. The van der Waals surface area contributed by atoms with E-state index < -0.39 is 0 Å². The van der Waals surface area contributed by atoms with Crippen molar-refractivity contribution in [1.29, 1.82) is 0 Å². The van der Waals surface area contributed by atoms with Crippen molar-refractivity contribution in [2.75, 3.05) is 13.1 Å². The monoisotopic (exact) mass is 259 g/mol. The lowest BCUT2D eigenvalue weighted by Crippen LogP contribution is -2.16. The van der Waals surface area contributed by atoms with Gasteiger partial charge >= 0.3 is 0 Å².